The zero-order valence-electron chi connectivity index (χ0n) is 26.0. The fraction of sp³-hybridized carbons (Fsp3) is 0.0227. The molecule has 1 aliphatic heterocycles. The number of furan rings is 1. The summed E-state index contributed by atoms with van der Waals surface area (Å²) in [5.41, 5.74) is 10.7. The molecule has 0 amide bonds. The molecule has 0 saturated heterocycles. The van der Waals surface area contributed by atoms with E-state index in [1.807, 2.05) is 0 Å². The normalized spacial score (nSPS) is 14.3. The third-order valence-electron chi connectivity index (χ3n) is 9.65. The lowest BCUT2D eigenvalue weighted by Gasteiger charge is -2.23. The molecule has 2 aromatic heterocycles. The number of hydrogen-bond donors (Lipinski definition) is 1. The number of rotatable bonds is 4. The van der Waals surface area contributed by atoms with Crippen LogP contribution in [0.2, 0.25) is 0 Å². The molecule has 1 N–H and O–H groups in total. The Morgan fingerprint density at radius 3 is 1.94 bits per heavy atom. The number of nitrogens with one attached hydrogen (secondary N) is 1. The molecular weight excluding hydrogens is 587 g/mol. The standard InChI is InChI=1S/C44H29N3O/c1-2-12-28(13-3-1)29-24-26-30(27-25-29)42-33-16-4-7-19-36(33)45-44(46-42)35-18-11-23-40-41(35)34-17-10-22-39(43(34)48-40)47-37-20-8-5-14-31(37)32-15-6-9-21-38(32)47/h1-27,44,46H. The fourth-order valence-electron chi connectivity index (χ4n) is 7.48. The van der Waals surface area contributed by atoms with Crippen LogP contribution in [0.3, 0.4) is 0 Å². The summed E-state index contributed by atoms with van der Waals surface area (Å²) in [6.45, 7) is 0. The lowest BCUT2D eigenvalue weighted by atomic mass is 9.99. The lowest BCUT2D eigenvalue weighted by Crippen LogP contribution is -2.39. The minimum Gasteiger partial charge on any atom is -0.454 e. The third kappa shape index (κ3) is 4.06. The molecule has 4 heteroatoms. The maximum Gasteiger partial charge on any atom is 0.159 e. The van der Waals surface area contributed by atoms with Crippen LogP contribution in [0.5, 0.6) is 0 Å². The van der Waals surface area contributed by atoms with E-state index in [2.05, 4.69) is 174 Å². The zero-order valence-corrected chi connectivity index (χ0v) is 26.0. The summed E-state index contributed by atoms with van der Waals surface area (Å²) < 4.78 is 9.11. The summed E-state index contributed by atoms with van der Waals surface area (Å²) in [7, 11) is 0. The molecule has 9 aromatic rings. The average molecular weight is 616 g/mol. The second-order valence-corrected chi connectivity index (χ2v) is 12.4. The van der Waals surface area contributed by atoms with Crippen molar-refractivity contribution in [3.8, 4) is 16.8 Å². The Labute approximate surface area is 276 Å². The van der Waals surface area contributed by atoms with Gasteiger partial charge >= 0.3 is 0 Å². The third-order valence-corrected chi connectivity index (χ3v) is 9.65. The number of fused-ring (bicyclic) bond motifs is 7. The largest absolute Gasteiger partial charge is 0.454 e. The summed E-state index contributed by atoms with van der Waals surface area (Å²) in [6.07, 6.45) is -0.301. The van der Waals surface area contributed by atoms with Gasteiger partial charge in [0, 0.05) is 32.3 Å². The van der Waals surface area contributed by atoms with E-state index in [9.17, 15) is 0 Å². The van der Waals surface area contributed by atoms with Crippen molar-refractivity contribution < 1.29 is 4.42 Å². The van der Waals surface area contributed by atoms with Crippen molar-refractivity contribution in [2.24, 2.45) is 4.99 Å². The number of benzene rings is 7. The van der Waals surface area contributed by atoms with E-state index in [4.69, 9.17) is 9.41 Å². The van der Waals surface area contributed by atoms with Crippen LogP contribution in [0.4, 0.5) is 0 Å². The molecular formula is C44H29N3O. The van der Waals surface area contributed by atoms with Gasteiger partial charge in [0.1, 0.15) is 11.7 Å². The number of para-hydroxylation sites is 4. The summed E-state index contributed by atoms with van der Waals surface area (Å²) in [6, 6.07) is 57.7. The Morgan fingerprint density at radius 1 is 0.521 bits per heavy atom. The van der Waals surface area contributed by atoms with Gasteiger partial charge < -0.3 is 14.3 Å². The van der Waals surface area contributed by atoms with Crippen LogP contribution in [-0.4, -0.2) is 4.57 Å². The van der Waals surface area contributed by atoms with Crippen molar-refractivity contribution in [2.45, 2.75) is 6.17 Å². The Balaban J connectivity index is 1.14. The highest BCUT2D eigenvalue weighted by atomic mass is 16.3. The number of hydrogen-bond acceptors (Lipinski definition) is 3. The van der Waals surface area contributed by atoms with Gasteiger partial charge in [0.05, 0.1) is 27.8 Å². The maximum absolute atomic E-state index is 6.78. The van der Waals surface area contributed by atoms with Crippen molar-refractivity contribution in [3.05, 3.63) is 185 Å². The lowest BCUT2D eigenvalue weighted by molar-refractivity contribution is 0.636. The highest BCUT2D eigenvalue weighted by Gasteiger charge is 2.24. The van der Waals surface area contributed by atoms with Gasteiger partial charge in [-0.3, -0.25) is 4.99 Å². The van der Waals surface area contributed by atoms with Gasteiger partial charge in [-0.25, -0.2) is 0 Å². The van der Waals surface area contributed by atoms with Gasteiger partial charge in [0.25, 0.3) is 0 Å². The van der Waals surface area contributed by atoms with E-state index in [1.165, 1.54) is 21.9 Å². The predicted octanol–water partition coefficient (Wildman–Crippen LogP) is 9.43. The monoisotopic (exact) mass is 615 g/mol. The second-order valence-electron chi connectivity index (χ2n) is 12.4. The molecule has 4 nitrogen and oxygen atoms in total. The smallest absolute Gasteiger partial charge is 0.159 e. The molecule has 226 valence electrons. The Kier molecular flexibility index (Phi) is 5.90. The van der Waals surface area contributed by atoms with E-state index in [0.29, 0.717) is 0 Å². The SMILES string of the molecule is c1ccc(-c2ccc(C3=c4ccccc4=NC(c4cccc5oc6c(-n7c8ccccc8c8ccccc87)cccc6c45)N3)cc2)cc1. The van der Waals surface area contributed by atoms with Crippen molar-refractivity contribution in [3.63, 3.8) is 0 Å². The molecule has 48 heavy (non-hydrogen) atoms. The van der Waals surface area contributed by atoms with Crippen molar-refractivity contribution in [1.82, 2.24) is 9.88 Å². The summed E-state index contributed by atoms with van der Waals surface area (Å²) in [5.74, 6) is 0. The first kappa shape index (κ1) is 26.8. The van der Waals surface area contributed by atoms with Gasteiger partial charge in [-0.05, 0) is 47.0 Å². The topological polar surface area (TPSA) is 42.5 Å². The highest BCUT2D eigenvalue weighted by Crippen LogP contribution is 2.40. The van der Waals surface area contributed by atoms with Crippen LogP contribution in [-0.2, 0) is 0 Å². The fourth-order valence-corrected chi connectivity index (χ4v) is 7.48. The Hall–Kier alpha value is -6.39. The van der Waals surface area contributed by atoms with Crippen LogP contribution in [0.1, 0.15) is 17.3 Å². The van der Waals surface area contributed by atoms with Gasteiger partial charge in [-0.1, -0.05) is 133 Å². The minimum atomic E-state index is -0.301. The number of aromatic nitrogens is 1. The molecule has 7 aromatic carbocycles. The predicted molar refractivity (Wildman–Crippen MR) is 196 cm³/mol. The molecule has 0 saturated carbocycles. The minimum absolute atomic E-state index is 0.301. The Bertz CT molecular complexity index is 2760. The molecule has 0 radical (unpaired) electrons. The molecule has 0 spiro atoms. The van der Waals surface area contributed by atoms with Crippen LogP contribution in [0.15, 0.2) is 173 Å². The van der Waals surface area contributed by atoms with E-state index >= 15 is 0 Å². The van der Waals surface area contributed by atoms with Crippen LogP contribution in [0, 0.1) is 0 Å². The van der Waals surface area contributed by atoms with E-state index in [-0.39, 0.29) is 6.17 Å². The van der Waals surface area contributed by atoms with Crippen molar-refractivity contribution in [2.75, 3.05) is 0 Å². The first-order valence-electron chi connectivity index (χ1n) is 16.3. The van der Waals surface area contributed by atoms with Crippen LogP contribution in [0.25, 0.3) is 66.3 Å². The van der Waals surface area contributed by atoms with E-state index < -0.39 is 0 Å². The van der Waals surface area contributed by atoms with Gasteiger partial charge in [0.2, 0.25) is 0 Å². The van der Waals surface area contributed by atoms with Gasteiger partial charge in [0.15, 0.2) is 5.58 Å². The zero-order chi connectivity index (χ0) is 31.6. The van der Waals surface area contributed by atoms with E-state index in [1.54, 1.807) is 0 Å². The second kappa shape index (κ2) is 10.6. The molecule has 0 fully saturated rings. The summed E-state index contributed by atoms with van der Waals surface area (Å²) in [5, 5.41) is 10.5. The molecule has 3 heterocycles. The van der Waals surface area contributed by atoms with Crippen LogP contribution < -0.4 is 15.9 Å². The first-order chi connectivity index (χ1) is 23.8. The molecule has 10 rings (SSSR count). The van der Waals surface area contributed by atoms with Gasteiger partial charge in [-0.15, -0.1) is 0 Å². The molecule has 1 unspecified atom stereocenters. The summed E-state index contributed by atoms with van der Waals surface area (Å²) in [4.78, 5) is 5.27. The molecule has 0 aliphatic carbocycles. The molecule has 1 aliphatic rings. The van der Waals surface area contributed by atoms with E-state index in [0.717, 1.165) is 66.1 Å². The molecule has 1 atom stereocenters. The highest BCUT2D eigenvalue weighted by molar-refractivity contribution is 6.13. The summed E-state index contributed by atoms with van der Waals surface area (Å²) >= 11 is 0. The maximum atomic E-state index is 6.78. The molecule has 0 bridgehead atoms. The quantitative estimate of drug-likeness (QED) is 0.214. The average Bonchev–Trinajstić information content (AvgIpc) is 3.71. The van der Waals surface area contributed by atoms with Crippen molar-refractivity contribution in [1.29, 1.82) is 0 Å². The first-order valence-corrected chi connectivity index (χ1v) is 16.3. The van der Waals surface area contributed by atoms with Crippen molar-refractivity contribution >= 4 is 49.4 Å². The number of nitrogens with zero attached hydrogens (tertiary/aromatic N) is 2. The van der Waals surface area contributed by atoms with Crippen LogP contribution >= 0.6 is 0 Å². The van der Waals surface area contributed by atoms with Gasteiger partial charge in [-0.2, -0.15) is 0 Å². The Morgan fingerprint density at radius 2 is 1.15 bits per heavy atom.